The Morgan fingerprint density at radius 2 is 2.50 bits per heavy atom. The van der Waals surface area contributed by atoms with E-state index >= 15 is 0 Å². The van der Waals surface area contributed by atoms with Gasteiger partial charge < -0.3 is 15.2 Å². The van der Waals surface area contributed by atoms with Gasteiger partial charge in [-0.15, -0.1) is 11.3 Å². The van der Waals surface area contributed by atoms with Crippen LogP contribution in [0.25, 0.3) is 0 Å². The van der Waals surface area contributed by atoms with E-state index in [1.807, 2.05) is 10.9 Å². The molecule has 0 amide bonds. The van der Waals surface area contributed by atoms with Crippen molar-refractivity contribution in [2.75, 3.05) is 26.4 Å². The van der Waals surface area contributed by atoms with Gasteiger partial charge in [0.15, 0.2) is 0 Å². The number of hydrogen-bond donors (Lipinski definition) is 2. The second kappa shape index (κ2) is 6.89. The highest BCUT2D eigenvalue weighted by Gasteiger charge is 2.05. The molecule has 14 heavy (non-hydrogen) atoms. The highest BCUT2D eigenvalue weighted by molar-refractivity contribution is 7.07. The van der Waals surface area contributed by atoms with Crippen molar-refractivity contribution in [3.63, 3.8) is 0 Å². The predicted molar refractivity (Wildman–Crippen MR) is 56.4 cm³/mol. The Kier molecular flexibility index (Phi) is 5.70. The molecule has 0 aliphatic carbocycles. The summed E-state index contributed by atoms with van der Waals surface area (Å²) in [6.07, 6.45) is 0. The summed E-state index contributed by atoms with van der Waals surface area (Å²) < 4.78 is 5.12. The third kappa shape index (κ3) is 4.15. The van der Waals surface area contributed by atoms with Crippen LogP contribution in [0, 0.1) is 0 Å². The van der Waals surface area contributed by atoms with Crippen LogP contribution >= 0.6 is 11.3 Å². The summed E-state index contributed by atoms with van der Waals surface area (Å²) in [4.78, 5) is 4.21. The molecular formula is C9H16N2O2S. The number of thiazole rings is 1. The third-order valence-corrected chi connectivity index (χ3v) is 2.43. The molecule has 0 aliphatic rings. The number of hydrogen-bond acceptors (Lipinski definition) is 5. The molecule has 0 aromatic carbocycles. The Bertz CT molecular complexity index is 229. The summed E-state index contributed by atoms with van der Waals surface area (Å²) >= 11 is 1.60. The van der Waals surface area contributed by atoms with Gasteiger partial charge >= 0.3 is 0 Å². The second-order valence-electron chi connectivity index (χ2n) is 2.93. The minimum absolute atomic E-state index is 0.0850. The van der Waals surface area contributed by atoms with Crippen molar-refractivity contribution < 1.29 is 9.84 Å². The van der Waals surface area contributed by atoms with Crippen LogP contribution in [0.4, 0.5) is 0 Å². The first kappa shape index (κ1) is 11.6. The van der Waals surface area contributed by atoms with Crippen molar-refractivity contribution in [3.05, 3.63) is 16.6 Å². The predicted octanol–water partition coefficient (Wildman–Crippen LogP) is 0.803. The molecule has 0 radical (unpaired) electrons. The van der Waals surface area contributed by atoms with Gasteiger partial charge in [-0.1, -0.05) is 0 Å². The largest absolute Gasteiger partial charge is 0.394 e. The molecule has 1 atom stereocenters. The van der Waals surface area contributed by atoms with Gasteiger partial charge in [0.25, 0.3) is 0 Å². The minimum Gasteiger partial charge on any atom is -0.394 e. The Morgan fingerprint density at radius 1 is 1.64 bits per heavy atom. The van der Waals surface area contributed by atoms with Crippen molar-refractivity contribution in [1.82, 2.24) is 10.3 Å². The molecule has 2 N–H and O–H groups in total. The SMILES string of the molecule is CC(NCCOCCO)c1cscn1. The lowest BCUT2D eigenvalue weighted by atomic mass is 10.2. The molecule has 0 aliphatic heterocycles. The molecular weight excluding hydrogens is 200 g/mol. The maximum atomic E-state index is 8.47. The van der Waals surface area contributed by atoms with E-state index in [0.717, 1.165) is 12.2 Å². The molecule has 5 heteroatoms. The van der Waals surface area contributed by atoms with Crippen molar-refractivity contribution in [2.24, 2.45) is 0 Å². The molecule has 1 unspecified atom stereocenters. The summed E-state index contributed by atoms with van der Waals surface area (Å²) in [6, 6.07) is 0.263. The number of nitrogens with one attached hydrogen (secondary N) is 1. The van der Waals surface area contributed by atoms with E-state index in [2.05, 4.69) is 17.2 Å². The number of ether oxygens (including phenoxy) is 1. The smallest absolute Gasteiger partial charge is 0.0795 e. The Labute approximate surface area is 87.9 Å². The summed E-state index contributed by atoms with van der Waals surface area (Å²) in [6.45, 7) is 3.96. The van der Waals surface area contributed by atoms with Crippen LogP contribution in [0.15, 0.2) is 10.9 Å². The first-order valence-corrected chi connectivity index (χ1v) is 5.59. The molecule has 1 heterocycles. The van der Waals surface area contributed by atoms with Gasteiger partial charge in [-0.3, -0.25) is 0 Å². The number of rotatable bonds is 7. The van der Waals surface area contributed by atoms with Crippen molar-refractivity contribution in [2.45, 2.75) is 13.0 Å². The third-order valence-electron chi connectivity index (χ3n) is 1.83. The summed E-state index contributed by atoms with van der Waals surface area (Å²) in [7, 11) is 0. The fourth-order valence-electron chi connectivity index (χ4n) is 1.05. The zero-order valence-electron chi connectivity index (χ0n) is 8.27. The fraction of sp³-hybridized carbons (Fsp3) is 0.667. The van der Waals surface area contributed by atoms with E-state index in [1.54, 1.807) is 11.3 Å². The Hall–Kier alpha value is -0.490. The summed E-state index contributed by atoms with van der Waals surface area (Å²) in [5, 5.41) is 13.8. The highest BCUT2D eigenvalue weighted by atomic mass is 32.1. The summed E-state index contributed by atoms with van der Waals surface area (Å²) in [5.41, 5.74) is 2.90. The average molecular weight is 216 g/mol. The van der Waals surface area contributed by atoms with Gasteiger partial charge in [-0.2, -0.15) is 0 Å². The Morgan fingerprint density at radius 3 is 3.14 bits per heavy atom. The van der Waals surface area contributed by atoms with E-state index in [1.165, 1.54) is 0 Å². The molecule has 80 valence electrons. The van der Waals surface area contributed by atoms with Crippen LogP contribution < -0.4 is 5.32 Å². The highest BCUT2D eigenvalue weighted by Crippen LogP contribution is 2.10. The molecule has 0 spiro atoms. The Balaban J connectivity index is 2.07. The van der Waals surface area contributed by atoms with Gasteiger partial charge in [0, 0.05) is 18.0 Å². The van der Waals surface area contributed by atoms with E-state index in [9.17, 15) is 0 Å². The van der Waals surface area contributed by atoms with Crippen LogP contribution in [0.3, 0.4) is 0 Å². The van der Waals surface area contributed by atoms with Crippen LogP contribution in [0.1, 0.15) is 18.7 Å². The molecule has 1 rings (SSSR count). The van der Waals surface area contributed by atoms with E-state index in [-0.39, 0.29) is 12.6 Å². The van der Waals surface area contributed by atoms with E-state index in [0.29, 0.717) is 13.2 Å². The first-order chi connectivity index (χ1) is 6.84. The fourth-order valence-corrected chi connectivity index (χ4v) is 1.70. The maximum absolute atomic E-state index is 8.47. The van der Waals surface area contributed by atoms with Crippen LogP contribution in [0.2, 0.25) is 0 Å². The van der Waals surface area contributed by atoms with Crippen LogP contribution in [-0.2, 0) is 4.74 Å². The number of aromatic nitrogens is 1. The van der Waals surface area contributed by atoms with E-state index in [4.69, 9.17) is 9.84 Å². The molecule has 1 aromatic rings. The van der Waals surface area contributed by atoms with Gasteiger partial charge in [-0.25, -0.2) is 4.98 Å². The van der Waals surface area contributed by atoms with Crippen LogP contribution in [-0.4, -0.2) is 36.5 Å². The number of nitrogens with zero attached hydrogens (tertiary/aromatic N) is 1. The van der Waals surface area contributed by atoms with Crippen LogP contribution in [0.5, 0.6) is 0 Å². The lowest BCUT2D eigenvalue weighted by Crippen LogP contribution is -2.23. The minimum atomic E-state index is 0.0850. The van der Waals surface area contributed by atoms with Gasteiger partial charge in [0.2, 0.25) is 0 Å². The topological polar surface area (TPSA) is 54.4 Å². The molecule has 0 bridgehead atoms. The van der Waals surface area contributed by atoms with Crippen molar-refractivity contribution in [3.8, 4) is 0 Å². The standard InChI is InChI=1S/C9H16N2O2S/c1-8(9-6-14-7-11-9)10-2-4-13-5-3-12/h6-8,10,12H,2-5H2,1H3. The van der Waals surface area contributed by atoms with Gasteiger partial charge in [0.05, 0.1) is 31.0 Å². The quantitative estimate of drug-likeness (QED) is 0.662. The zero-order chi connectivity index (χ0) is 10.2. The first-order valence-electron chi connectivity index (χ1n) is 4.64. The number of aliphatic hydroxyl groups excluding tert-OH is 1. The molecule has 4 nitrogen and oxygen atoms in total. The molecule has 0 fully saturated rings. The molecule has 1 aromatic heterocycles. The summed E-state index contributed by atoms with van der Waals surface area (Å²) in [5.74, 6) is 0. The monoisotopic (exact) mass is 216 g/mol. The van der Waals surface area contributed by atoms with E-state index < -0.39 is 0 Å². The van der Waals surface area contributed by atoms with Gasteiger partial charge in [-0.05, 0) is 6.92 Å². The average Bonchev–Trinajstić information content (AvgIpc) is 2.70. The lowest BCUT2D eigenvalue weighted by molar-refractivity contribution is 0.0928. The van der Waals surface area contributed by atoms with Crippen molar-refractivity contribution in [1.29, 1.82) is 0 Å². The van der Waals surface area contributed by atoms with Crippen molar-refractivity contribution >= 4 is 11.3 Å². The normalized spacial score (nSPS) is 13.0. The second-order valence-corrected chi connectivity index (χ2v) is 3.64. The van der Waals surface area contributed by atoms with Gasteiger partial charge in [0.1, 0.15) is 0 Å². The lowest BCUT2D eigenvalue weighted by Gasteiger charge is -2.10. The number of aliphatic hydroxyl groups is 1. The zero-order valence-corrected chi connectivity index (χ0v) is 9.09. The maximum Gasteiger partial charge on any atom is 0.0795 e. The molecule has 0 saturated carbocycles. The molecule has 0 saturated heterocycles.